The predicted molar refractivity (Wildman–Crippen MR) is 80.3 cm³/mol. The molecule has 3 rings (SSSR count). The van der Waals surface area contributed by atoms with E-state index in [0.29, 0.717) is 31.0 Å². The van der Waals surface area contributed by atoms with E-state index in [2.05, 4.69) is 10.1 Å². The van der Waals surface area contributed by atoms with Crippen LogP contribution >= 0.6 is 11.6 Å². The molecule has 0 aliphatic carbocycles. The summed E-state index contributed by atoms with van der Waals surface area (Å²) in [4.78, 5) is 18.1. The van der Waals surface area contributed by atoms with Crippen molar-refractivity contribution in [3.05, 3.63) is 36.1 Å². The van der Waals surface area contributed by atoms with Gasteiger partial charge >= 0.3 is 0 Å². The van der Waals surface area contributed by atoms with E-state index in [-0.39, 0.29) is 18.5 Å². The number of carbonyl (C=O) groups excluding carboxylic acids is 1. The van der Waals surface area contributed by atoms with Crippen LogP contribution < -0.4 is 0 Å². The van der Waals surface area contributed by atoms with Crippen molar-refractivity contribution in [2.24, 2.45) is 0 Å². The van der Waals surface area contributed by atoms with Crippen molar-refractivity contribution in [1.29, 1.82) is 0 Å². The maximum Gasteiger partial charge on any atom is 0.244 e. The number of likely N-dealkylation sites (tertiary alicyclic amines) is 1. The Kier molecular flexibility index (Phi) is 4.44. The Morgan fingerprint density at radius 1 is 1.41 bits per heavy atom. The summed E-state index contributed by atoms with van der Waals surface area (Å²) >= 11 is 5.80. The molecule has 1 N–H and O–H groups in total. The first kappa shape index (κ1) is 15.1. The number of hydrogen-bond acceptors (Lipinski definition) is 4. The first-order chi connectivity index (χ1) is 10.6. The lowest BCUT2D eigenvalue weighted by atomic mass is 10.1. The van der Waals surface area contributed by atoms with Crippen molar-refractivity contribution >= 4 is 17.5 Å². The van der Waals surface area contributed by atoms with Gasteiger partial charge in [0.15, 0.2) is 0 Å². The van der Waals surface area contributed by atoms with Crippen LogP contribution in [0.4, 0.5) is 0 Å². The molecule has 1 aliphatic rings. The minimum atomic E-state index is -0.480. The van der Waals surface area contributed by atoms with Crippen molar-refractivity contribution < 1.29 is 9.90 Å². The molecule has 0 spiro atoms. The molecule has 0 bridgehead atoms. The van der Waals surface area contributed by atoms with Crippen LogP contribution in [-0.2, 0) is 11.3 Å². The average molecular weight is 324 g/mol. The molecule has 1 fully saturated rings. The number of nitrogens with zero attached hydrogens (tertiary/aromatic N) is 5. The number of amides is 1. The Morgan fingerprint density at radius 3 is 2.91 bits per heavy atom. The van der Waals surface area contributed by atoms with Gasteiger partial charge in [-0.3, -0.25) is 9.48 Å². The SMILES string of the molecule is O=C(Cn1cc(Cl)cn1)N1CC[C@H](O)[C@@H](n2ccnc2)CC1. The summed E-state index contributed by atoms with van der Waals surface area (Å²) in [5.41, 5.74) is 0. The number of carbonyl (C=O) groups is 1. The lowest BCUT2D eigenvalue weighted by Gasteiger charge is -2.21. The highest BCUT2D eigenvalue weighted by Gasteiger charge is 2.27. The average Bonchev–Trinajstić information content (AvgIpc) is 3.10. The minimum absolute atomic E-state index is 0.0155. The molecule has 118 valence electrons. The molecule has 8 heteroatoms. The van der Waals surface area contributed by atoms with E-state index in [1.807, 2.05) is 10.8 Å². The number of aliphatic hydroxyl groups excluding tert-OH is 1. The topological polar surface area (TPSA) is 76.2 Å². The van der Waals surface area contributed by atoms with E-state index in [9.17, 15) is 9.90 Å². The van der Waals surface area contributed by atoms with Crippen molar-refractivity contribution in [3.63, 3.8) is 0 Å². The summed E-state index contributed by atoms with van der Waals surface area (Å²) < 4.78 is 3.44. The molecule has 2 aromatic rings. The third-order valence-electron chi connectivity index (χ3n) is 3.99. The molecule has 0 radical (unpaired) electrons. The molecule has 2 aromatic heterocycles. The molecule has 3 heterocycles. The van der Waals surface area contributed by atoms with Crippen LogP contribution in [0.15, 0.2) is 31.1 Å². The van der Waals surface area contributed by atoms with Gasteiger partial charge < -0.3 is 14.6 Å². The zero-order valence-electron chi connectivity index (χ0n) is 12.0. The van der Waals surface area contributed by atoms with Crippen LogP contribution in [0.5, 0.6) is 0 Å². The van der Waals surface area contributed by atoms with Crippen LogP contribution in [0.3, 0.4) is 0 Å². The van der Waals surface area contributed by atoms with E-state index >= 15 is 0 Å². The Balaban J connectivity index is 1.63. The van der Waals surface area contributed by atoms with E-state index in [4.69, 9.17) is 11.6 Å². The number of aliphatic hydroxyl groups is 1. The third kappa shape index (κ3) is 3.31. The van der Waals surface area contributed by atoms with Gasteiger partial charge in [0.2, 0.25) is 5.91 Å². The summed E-state index contributed by atoms with van der Waals surface area (Å²) in [7, 11) is 0. The molecular weight excluding hydrogens is 306 g/mol. The van der Waals surface area contributed by atoms with Gasteiger partial charge in [-0.05, 0) is 12.8 Å². The largest absolute Gasteiger partial charge is 0.391 e. The molecule has 0 aromatic carbocycles. The summed E-state index contributed by atoms with van der Waals surface area (Å²) in [5, 5.41) is 14.8. The normalized spacial score (nSPS) is 22.5. The van der Waals surface area contributed by atoms with Crippen LogP contribution in [0.2, 0.25) is 5.02 Å². The van der Waals surface area contributed by atoms with Crippen LogP contribution in [0.1, 0.15) is 18.9 Å². The lowest BCUT2D eigenvalue weighted by Crippen LogP contribution is -2.35. The highest BCUT2D eigenvalue weighted by molar-refractivity contribution is 6.30. The zero-order valence-corrected chi connectivity index (χ0v) is 12.8. The van der Waals surface area contributed by atoms with Gasteiger partial charge in [0.05, 0.1) is 29.7 Å². The summed E-state index contributed by atoms with van der Waals surface area (Å²) in [6.45, 7) is 1.31. The van der Waals surface area contributed by atoms with E-state index < -0.39 is 6.10 Å². The Hall–Kier alpha value is -1.86. The minimum Gasteiger partial charge on any atom is -0.391 e. The van der Waals surface area contributed by atoms with Gasteiger partial charge in [-0.25, -0.2) is 4.98 Å². The Labute approximate surface area is 133 Å². The predicted octanol–water partition coefficient (Wildman–Crippen LogP) is 0.958. The molecule has 1 aliphatic heterocycles. The number of halogens is 1. The second-order valence-electron chi connectivity index (χ2n) is 5.46. The summed E-state index contributed by atoms with van der Waals surface area (Å²) in [6.07, 6.45) is 9.15. The highest BCUT2D eigenvalue weighted by atomic mass is 35.5. The molecule has 7 nitrogen and oxygen atoms in total. The van der Waals surface area contributed by atoms with Crippen molar-refractivity contribution in [3.8, 4) is 0 Å². The first-order valence-electron chi connectivity index (χ1n) is 7.25. The van der Waals surface area contributed by atoms with Gasteiger partial charge in [-0.2, -0.15) is 5.10 Å². The fraction of sp³-hybridized carbons (Fsp3) is 0.500. The smallest absolute Gasteiger partial charge is 0.244 e. The monoisotopic (exact) mass is 323 g/mol. The Bertz CT molecular complexity index is 627. The Morgan fingerprint density at radius 2 is 2.23 bits per heavy atom. The molecule has 0 unspecified atom stereocenters. The molecule has 1 amide bonds. The fourth-order valence-corrected chi connectivity index (χ4v) is 2.96. The number of imidazole rings is 1. The van der Waals surface area contributed by atoms with Crippen molar-refractivity contribution in [2.75, 3.05) is 13.1 Å². The van der Waals surface area contributed by atoms with Gasteiger partial charge in [-0.1, -0.05) is 11.6 Å². The lowest BCUT2D eigenvalue weighted by molar-refractivity contribution is -0.132. The van der Waals surface area contributed by atoms with Gasteiger partial charge in [-0.15, -0.1) is 0 Å². The quantitative estimate of drug-likeness (QED) is 0.912. The van der Waals surface area contributed by atoms with Crippen LogP contribution in [0, 0.1) is 0 Å². The molecule has 1 saturated heterocycles. The highest BCUT2D eigenvalue weighted by Crippen LogP contribution is 2.23. The van der Waals surface area contributed by atoms with E-state index in [1.54, 1.807) is 23.6 Å². The summed E-state index contributed by atoms with van der Waals surface area (Å²) in [6, 6.07) is -0.0422. The van der Waals surface area contributed by atoms with Crippen molar-refractivity contribution in [1.82, 2.24) is 24.2 Å². The van der Waals surface area contributed by atoms with Crippen LogP contribution in [-0.4, -0.2) is 54.4 Å². The van der Waals surface area contributed by atoms with Gasteiger partial charge in [0.25, 0.3) is 0 Å². The second kappa shape index (κ2) is 6.50. The second-order valence-corrected chi connectivity index (χ2v) is 5.90. The molecule has 22 heavy (non-hydrogen) atoms. The van der Waals surface area contributed by atoms with E-state index in [1.165, 1.54) is 10.9 Å². The molecule has 0 saturated carbocycles. The van der Waals surface area contributed by atoms with Gasteiger partial charge in [0, 0.05) is 31.7 Å². The standard InChI is InChI=1S/C14H18ClN5O2/c15-11-7-17-20(8-11)9-14(22)18-4-1-12(13(21)2-5-18)19-6-3-16-10-19/h3,6-8,10,12-13,21H,1-2,4-5,9H2/t12-,13-/m0/s1. The third-order valence-corrected chi connectivity index (χ3v) is 4.19. The maximum atomic E-state index is 12.4. The summed E-state index contributed by atoms with van der Waals surface area (Å²) in [5.74, 6) is -0.0155. The van der Waals surface area contributed by atoms with Crippen molar-refractivity contribution in [2.45, 2.75) is 31.5 Å². The first-order valence-corrected chi connectivity index (χ1v) is 7.62. The zero-order chi connectivity index (χ0) is 15.5. The number of rotatable bonds is 3. The number of aromatic nitrogens is 4. The maximum absolute atomic E-state index is 12.4. The van der Waals surface area contributed by atoms with E-state index in [0.717, 1.165) is 0 Å². The molecular formula is C14H18ClN5O2. The number of hydrogen-bond donors (Lipinski definition) is 1. The molecule has 2 atom stereocenters. The van der Waals surface area contributed by atoms with Crippen LogP contribution in [0.25, 0.3) is 0 Å². The fourth-order valence-electron chi connectivity index (χ4n) is 2.80. The van der Waals surface area contributed by atoms with Gasteiger partial charge in [0.1, 0.15) is 6.54 Å².